The van der Waals surface area contributed by atoms with Crippen molar-refractivity contribution >= 4 is 5.91 Å². The van der Waals surface area contributed by atoms with Crippen molar-refractivity contribution in [1.82, 2.24) is 5.32 Å². The summed E-state index contributed by atoms with van der Waals surface area (Å²) in [5, 5.41) is 41.4. The van der Waals surface area contributed by atoms with E-state index in [1.165, 1.54) is 25.7 Å². The minimum absolute atomic E-state index is 0.116. The van der Waals surface area contributed by atoms with Gasteiger partial charge >= 0.3 is 0 Å². The molecule has 1 amide bonds. The minimum Gasteiger partial charge on any atom is -0.394 e. The number of nitrogens with one attached hydrogen (secondary N) is 1. The van der Waals surface area contributed by atoms with Crippen molar-refractivity contribution < 1.29 is 30.0 Å². The number of carbonyl (C=O) groups excluding carboxylic acids is 1. The highest BCUT2D eigenvalue weighted by Gasteiger charge is 2.44. The van der Waals surface area contributed by atoms with Crippen molar-refractivity contribution in [3.05, 3.63) is 0 Å². The van der Waals surface area contributed by atoms with Gasteiger partial charge in [0.15, 0.2) is 6.23 Å². The third-order valence-electron chi connectivity index (χ3n) is 5.61. The van der Waals surface area contributed by atoms with Gasteiger partial charge in [0.25, 0.3) is 0 Å². The summed E-state index contributed by atoms with van der Waals surface area (Å²) < 4.78 is 5.34. The maximum atomic E-state index is 12.5. The first-order valence-corrected chi connectivity index (χ1v) is 9.58. The smallest absolute Gasteiger partial charge is 0.225 e. The van der Waals surface area contributed by atoms with Gasteiger partial charge in [0, 0.05) is 5.92 Å². The number of carbonyl (C=O) groups is 1. The Balaban J connectivity index is 1.80. The molecule has 25 heavy (non-hydrogen) atoms. The van der Waals surface area contributed by atoms with Crippen LogP contribution < -0.4 is 5.32 Å². The van der Waals surface area contributed by atoms with Gasteiger partial charge < -0.3 is 30.5 Å². The first-order valence-electron chi connectivity index (χ1n) is 9.58. The molecule has 0 radical (unpaired) electrons. The summed E-state index contributed by atoms with van der Waals surface area (Å²) in [5.41, 5.74) is 0. The van der Waals surface area contributed by atoms with Gasteiger partial charge in [-0.25, -0.2) is 0 Å². The highest BCUT2D eigenvalue weighted by molar-refractivity contribution is 5.79. The van der Waals surface area contributed by atoms with Crippen molar-refractivity contribution in [3.8, 4) is 0 Å². The van der Waals surface area contributed by atoms with E-state index in [2.05, 4.69) is 12.2 Å². The topological polar surface area (TPSA) is 119 Å². The number of unbranched alkanes of at least 4 members (excludes halogenated alkanes) is 2. The van der Waals surface area contributed by atoms with Gasteiger partial charge in [-0.15, -0.1) is 0 Å². The van der Waals surface area contributed by atoms with Crippen LogP contribution in [0.25, 0.3) is 0 Å². The standard InChI is InChI=1S/C18H33NO6/c1-2-3-4-5-11-6-8-12(9-7-11)17(24)19-18-16(23)15(22)14(21)13(10-20)25-18/h11-16,18,20-23H,2-10H2,1H3,(H,19,24)/t11?,12?,13-,14-,15+,16-,18-/m1/s1. The van der Waals surface area contributed by atoms with Gasteiger partial charge in [0.2, 0.25) is 5.91 Å². The quantitative estimate of drug-likeness (QED) is 0.417. The van der Waals surface area contributed by atoms with Crippen LogP contribution in [0.4, 0.5) is 0 Å². The van der Waals surface area contributed by atoms with Crippen LogP contribution in [0.3, 0.4) is 0 Å². The van der Waals surface area contributed by atoms with Crippen LogP contribution in [-0.2, 0) is 9.53 Å². The lowest BCUT2D eigenvalue weighted by atomic mass is 9.79. The Morgan fingerprint density at radius 2 is 1.72 bits per heavy atom. The summed E-state index contributed by atoms with van der Waals surface area (Å²) in [7, 11) is 0. The second-order valence-corrected chi connectivity index (χ2v) is 7.47. The summed E-state index contributed by atoms with van der Waals surface area (Å²) >= 11 is 0. The lowest BCUT2D eigenvalue weighted by Crippen LogP contribution is -2.63. The fourth-order valence-electron chi connectivity index (χ4n) is 3.88. The van der Waals surface area contributed by atoms with E-state index in [1.54, 1.807) is 0 Å². The van der Waals surface area contributed by atoms with Crippen LogP contribution in [0.15, 0.2) is 0 Å². The van der Waals surface area contributed by atoms with E-state index >= 15 is 0 Å². The summed E-state index contributed by atoms with van der Waals surface area (Å²) in [6, 6.07) is 0. The number of amides is 1. The summed E-state index contributed by atoms with van der Waals surface area (Å²) in [5.74, 6) is 0.383. The number of rotatable bonds is 7. The highest BCUT2D eigenvalue weighted by Crippen LogP contribution is 2.32. The molecule has 2 rings (SSSR count). The molecule has 1 aliphatic heterocycles. The molecule has 2 fully saturated rings. The molecule has 1 saturated heterocycles. The van der Waals surface area contributed by atoms with E-state index in [-0.39, 0.29) is 11.8 Å². The molecule has 0 unspecified atom stereocenters. The van der Waals surface area contributed by atoms with E-state index in [0.29, 0.717) is 5.92 Å². The van der Waals surface area contributed by atoms with Gasteiger partial charge in [-0.05, 0) is 31.6 Å². The Morgan fingerprint density at radius 3 is 2.32 bits per heavy atom. The van der Waals surface area contributed by atoms with Crippen molar-refractivity contribution in [2.24, 2.45) is 11.8 Å². The number of aliphatic hydroxyl groups excluding tert-OH is 4. The zero-order valence-corrected chi connectivity index (χ0v) is 15.0. The Labute approximate surface area is 149 Å². The number of aliphatic hydroxyl groups is 4. The van der Waals surface area contributed by atoms with Crippen LogP contribution in [0.2, 0.25) is 0 Å². The van der Waals surface area contributed by atoms with Gasteiger partial charge in [0.1, 0.15) is 24.4 Å². The van der Waals surface area contributed by atoms with Crippen LogP contribution in [0.1, 0.15) is 58.3 Å². The molecule has 146 valence electrons. The number of hydrogen-bond acceptors (Lipinski definition) is 6. The van der Waals surface area contributed by atoms with Gasteiger partial charge in [-0.2, -0.15) is 0 Å². The molecule has 0 aromatic rings. The Morgan fingerprint density at radius 1 is 1.04 bits per heavy atom. The van der Waals surface area contributed by atoms with Crippen LogP contribution in [-0.4, -0.2) is 63.6 Å². The Kier molecular flexibility index (Phi) is 8.09. The molecule has 7 heteroatoms. The maximum absolute atomic E-state index is 12.5. The van der Waals surface area contributed by atoms with Crippen molar-refractivity contribution in [3.63, 3.8) is 0 Å². The Hall–Kier alpha value is -0.730. The average Bonchev–Trinajstić information content (AvgIpc) is 2.63. The fraction of sp³-hybridized carbons (Fsp3) is 0.944. The zero-order valence-electron chi connectivity index (χ0n) is 15.0. The van der Waals surface area contributed by atoms with Gasteiger partial charge in [0.05, 0.1) is 6.61 Å². The third-order valence-corrected chi connectivity index (χ3v) is 5.61. The predicted octanol–water partition coefficient (Wildman–Crippen LogP) is 0.289. The number of ether oxygens (including phenoxy) is 1. The van der Waals surface area contributed by atoms with E-state index in [0.717, 1.165) is 25.7 Å². The number of hydrogen-bond donors (Lipinski definition) is 5. The molecule has 5 N–H and O–H groups in total. The van der Waals surface area contributed by atoms with Gasteiger partial charge in [-0.1, -0.05) is 32.6 Å². The molecule has 1 saturated carbocycles. The minimum atomic E-state index is -1.47. The predicted molar refractivity (Wildman–Crippen MR) is 91.5 cm³/mol. The molecule has 1 aliphatic carbocycles. The fourth-order valence-corrected chi connectivity index (χ4v) is 3.88. The monoisotopic (exact) mass is 359 g/mol. The molecule has 5 atom stereocenters. The molecule has 7 nitrogen and oxygen atoms in total. The van der Waals surface area contributed by atoms with E-state index < -0.39 is 37.3 Å². The largest absolute Gasteiger partial charge is 0.394 e. The SMILES string of the molecule is CCCCCC1CCC(C(=O)N[C@@H]2O[C@H](CO)[C@@H](O)[C@H](O)[C@H]2O)CC1. The van der Waals surface area contributed by atoms with Crippen molar-refractivity contribution in [1.29, 1.82) is 0 Å². The maximum Gasteiger partial charge on any atom is 0.225 e. The third kappa shape index (κ3) is 5.37. The summed E-state index contributed by atoms with van der Waals surface area (Å²) in [6.07, 6.45) is 2.26. The van der Waals surface area contributed by atoms with E-state index in [1.807, 2.05) is 0 Å². The second kappa shape index (κ2) is 9.83. The second-order valence-electron chi connectivity index (χ2n) is 7.47. The average molecular weight is 359 g/mol. The summed E-state index contributed by atoms with van der Waals surface area (Å²) in [4.78, 5) is 12.5. The lowest BCUT2D eigenvalue weighted by molar-refractivity contribution is -0.236. The molecule has 0 aromatic carbocycles. The molecule has 0 aromatic heterocycles. The summed E-state index contributed by atoms with van der Waals surface area (Å²) in [6.45, 7) is 1.69. The van der Waals surface area contributed by atoms with Crippen LogP contribution >= 0.6 is 0 Å². The molecule has 0 spiro atoms. The molecule has 0 bridgehead atoms. The normalized spacial score (nSPS) is 39.2. The zero-order chi connectivity index (χ0) is 18.4. The highest BCUT2D eigenvalue weighted by atomic mass is 16.6. The molecule has 2 aliphatic rings. The van der Waals surface area contributed by atoms with Crippen LogP contribution in [0, 0.1) is 11.8 Å². The first kappa shape index (κ1) is 20.6. The van der Waals surface area contributed by atoms with Crippen molar-refractivity contribution in [2.45, 2.75) is 88.9 Å². The molecular weight excluding hydrogens is 326 g/mol. The van der Waals surface area contributed by atoms with Crippen LogP contribution in [0.5, 0.6) is 0 Å². The molecular formula is C18H33NO6. The van der Waals surface area contributed by atoms with Gasteiger partial charge in [-0.3, -0.25) is 4.79 Å². The first-order chi connectivity index (χ1) is 12.0. The van der Waals surface area contributed by atoms with E-state index in [9.17, 15) is 25.2 Å². The van der Waals surface area contributed by atoms with E-state index in [4.69, 9.17) is 4.74 Å². The van der Waals surface area contributed by atoms with Crippen molar-refractivity contribution in [2.75, 3.05) is 6.61 Å². The molecule has 1 heterocycles. The lowest BCUT2D eigenvalue weighted by Gasteiger charge is -2.40. The Bertz CT molecular complexity index is 410.